The van der Waals surface area contributed by atoms with Crippen molar-refractivity contribution in [3.8, 4) is 62.4 Å². The number of hydrogen-bond acceptors (Lipinski definition) is 6. The molecule has 0 saturated carbocycles. The summed E-state index contributed by atoms with van der Waals surface area (Å²) in [7, 11) is 0. The van der Waals surface area contributed by atoms with Crippen molar-refractivity contribution in [1.82, 2.24) is 24.5 Å². The number of fused-ring (bicyclic) bond motifs is 7. The van der Waals surface area contributed by atoms with E-state index in [1.54, 1.807) is 0 Å². The highest BCUT2D eigenvalue weighted by Crippen LogP contribution is 2.41. The van der Waals surface area contributed by atoms with Crippen LogP contribution in [0.3, 0.4) is 0 Å². The van der Waals surface area contributed by atoms with Crippen LogP contribution in [0.1, 0.15) is 0 Å². The lowest BCUT2D eigenvalue weighted by atomic mass is 10.0. The predicted octanol–water partition coefficient (Wildman–Crippen LogP) is 13.3. The first-order chi connectivity index (χ1) is 29.2. The average molecular weight is 758 g/mol. The van der Waals surface area contributed by atoms with Gasteiger partial charge in [-0.05, 0) is 72.3 Å². The molecule has 4 aromatic heterocycles. The molecule has 4 heterocycles. The molecule has 0 aliphatic rings. The molecular formula is C52H31N5O2. The van der Waals surface area contributed by atoms with Gasteiger partial charge in [-0.15, -0.1) is 0 Å². The third-order valence-electron chi connectivity index (χ3n) is 11.1. The maximum absolute atomic E-state index is 6.86. The molecule has 0 atom stereocenters. The first kappa shape index (κ1) is 33.0. The van der Waals surface area contributed by atoms with Crippen molar-refractivity contribution in [3.05, 3.63) is 188 Å². The van der Waals surface area contributed by atoms with E-state index in [-0.39, 0.29) is 0 Å². The van der Waals surface area contributed by atoms with Gasteiger partial charge in [-0.3, -0.25) is 0 Å². The predicted molar refractivity (Wildman–Crippen MR) is 236 cm³/mol. The van der Waals surface area contributed by atoms with E-state index >= 15 is 0 Å². The number of rotatable bonds is 6. The van der Waals surface area contributed by atoms with E-state index in [9.17, 15) is 0 Å². The van der Waals surface area contributed by atoms with Gasteiger partial charge in [-0.25, -0.2) is 19.9 Å². The van der Waals surface area contributed by atoms with Crippen LogP contribution in [-0.2, 0) is 0 Å². The molecule has 0 unspecified atom stereocenters. The van der Waals surface area contributed by atoms with Gasteiger partial charge < -0.3 is 13.4 Å². The molecule has 0 N–H and O–H groups in total. The average Bonchev–Trinajstić information content (AvgIpc) is 4.02. The molecule has 0 fully saturated rings. The van der Waals surface area contributed by atoms with Crippen molar-refractivity contribution < 1.29 is 8.83 Å². The topological polar surface area (TPSA) is 82.8 Å². The molecule has 12 aromatic rings. The molecule has 59 heavy (non-hydrogen) atoms. The van der Waals surface area contributed by atoms with Gasteiger partial charge in [0.1, 0.15) is 16.7 Å². The van der Waals surface area contributed by atoms with Crippen LogP contribution in [0.4, 0.5) is 0 Å². The third-order valence-corrected chi connectivity index (χ3v) is 11.1. The van der Waals surface area contributed by atoms with Crippen molar-refractivity contribution in [2.75, 3.05) is 0 Å². The molecule has 12 rings (SSSR count). The second-order valence-corrected chi connectivity index (χ2v) is 14.6. The van der Waals surface area contributed by atoms with Crippen LogP contribution in [0.5, 0.6) is 0 Å². The number of aromatic nitrogens is 5. The number of furan rings is 1. The summed E-state index contributed by atoms with van der Waals surface area (Å²) in [6.45, 7) is 0. The van der Waals surface area contributed by atoms with E-state index < -0.39 is 0 Å². The van der Waals surface area contributed by atoms with Crippen molar-refractivity contribution in [2.24, 2.45) is 0 Å². The molecule has 0 aliphatic carbocycles. The minimum Gasteiger partial charge on any atom is -0.455 e. The second kappa shape index (κ2) is 13.2. The number of nitrogens with zero attached hydrogens (tertiary/aromatic N) is 5. The molecule has 0 saturated heterocycles. The summed E-state index contributed by atoms with van der Waals surface area (Å²) in [6, 6.07) is 64.0. The largest absolute Gasteiger partial charge is 0.455 e. The van der Waals surface area contributed by atoms with Crippen LogP contribution in [0, 0.1) is 0 Å². The van der Waals surface area contributed by atoms with E-state index in [0.717, 1.165) is 71.7 Å². The first-order valence-electron chi connectivity index (χ1n) is 19.6. The van der Waals surface area contributed by atoms with Crippen LogP contribution in [0.15, 0.2) is 197 Å². The number of benzene rings is 8. The van der Waals surface area contributed by atoms with E-state index in [4.69, 9.17) is 28.8 Å². The quantitative estimate of drug-likeness (QED) is 0.168. The molecule has 0 amide bonds. The van der Waals surface area contributed by atoms with E-state index in [2.05, 4.69) is 108 Å². The molecule has 0 spiro atoms. The lowest BCUT2D eigenvalue weighted by Crippen LogP contribution is -2.00. The van der Waals surface area contributed by atoms with Gasteiger partial charge in [0.15, 0.2) is 23.1 Å². The van der Waals surface area contributed by atoms with Crippen LogP contribution in [-0.4, -0.2) is 24.5 Å². The summed E-state index contributed by atoms with van der Waals surface area (Å²) in [4.78, 5) is 20.5. The van der Waals surface area contributed by atoms with Gasteiger partial charge in [-0.2, -0.15) is 0 Å². The highest BCUT2D eigenvalue weighted by Gasteiger charge is 2.22. The minimum atomic E-state index is 0.469. The van der Waals surface area contributed by atoms with Crippen molar-refractivity contribution in [2.45, 2.75) is 0 Å². The van der Waals surface area contributed by atoms with Gasteiger partial charge in [0.25, 0.3) is 0 Å². The summed E-state index contributed by atoms with van der Waals surface area (Å²) in [6.07, 6.45) is 0. The fourth-order valence-corrected chi connectivity index (χ4v) is 8.38. The Morgan fingerprint density at radius 3 is 1.64 bits per heavy atom. The Bertz CT molecular complexity index is 3550. The fourth-order valence-electron chi connectivity index (χ4n) is 8.38. The molecule has 0 bridgehead atoms. The van der Waals surface area contributed by atoms with Gasteiger partial charge in [0.2, 0.25) is 5.89 Å². The van der Waals surface area contributed by atoms with Gasteiger partial charge >= 0.3 is 0 Å². The SMILES string of the molecule is c1ccc(-c2nc3cccc(-c4nc(-c5ccc6c(c5)c5ccccc5n6-c5ccccc5)nc(-c5cccc6c5oc5c(-c7ccccc7)cccc56)n4)c3o2)cc1. The maximum atomic E-state index is 6.86. The molecule has 0 radical (unpaired) electrons. The molecule has 0 aliphatic heterocycles. The molecule has 276 valence electrons. The van der Waals surface area contributed by atoms with Crippen molar-refractivity contribution in [3.63, 3.8) is 0 Å². The van der Waals surface area contributed by atoms with Crippen LogP contribution < -0.4 is 0 Å². The number of oxazole rings is 1. The Kier molecular flexibility index (Phi) is 7.40. The standard InChI is InChI=1S/C52H31N5O2/c1-4-15-32(16-5-1)36-22-12-23-38-39-24-13-25-40(47(39)58-46(36)38)50-54-49(55-51(56-50)41-26-14-27-43-48(41)59-52(53-43)33-17-6-2-7-18-33)34-29-30-45-42(31-34)37-21-10-11-28-44(37)57(45)35-19-8-3-9-20-35/h1-31H. The van der Waals surface area contributed by atoms with E-state index in [0.29, 0.717) is 45.6 Å². The monoisotopic (exact) mass is 757 g/mol. The van der Waals surface area contributed by atoms with Crippen molar-refractivity contribution in [1.29, 1.82) is 0 Å². The second-order valence-electron chi connectivity index (χ2n) is 14.6. The van der Waals surface area contributed by atoms with Gasteiger partial charge in [0.05, 0.1) is 22.2 Å². The van der Waals surface area contributed by atoms with Gasteiger partial charge in [0, 0.05) is 43.9 Å². The van der Waals surface area contributed by atoms with E-state index in [1.165, 1.54) is 0 Å². The Morgan fingerprint density at radius 1 is 0.339 bits per heavy atom. The molecule has 8 aromatic carbocycles. The lowest BCUT2D eigenvalue weighted by Gasteiger charge is -2.10. The summed E-state index contributed by atoms with van der Waals surface area (Å²) in [5.41, 5.74) is 11.5. The fraction of sp³-hybridized carbons (Fsp3) is 0. The smallest absolute Gasteiger partial charge is 0.227 e. The first-order valence-corrected chi connectivity index (χ1v) is 19.6. The Hall–Kier alpha value is -8.16. The zero-order chi connectivity index (χ0) is 38.9. The molecule has 7 nitrogen and oxygen atoms in total. The molecule has 7 heteroatoms. The summed E-state index contributed by atoms with van der Waals surface area (Å²) in [5, 5.41) is 4.25. The lowest BCUT2D eigenvalue weighted by molar-refractivity contribution is 0.620. The summed E-state index contributed by atoms with van der Waals surface area (Å²) in [5.74, 6) is 2.02. The summed E-state index contributed by atoms with van der Waals surface area (Å²) < 4.78 is 15.7. The normalized spacial score (nSPS) is 11.7. The highest BCUT2D eigenvalue weighted by atomic mass is 16.3. The Morgan fingerprint density at radius 2 is 0.898 bits per heavy atom. The van der Waals surface area contributed by atoms with Crippen molar-refractivity contribution >= 4 is 54.8 Å². The molecular weight excluding hydrogens is 727 g/mol. The van der Waals surface area contributed by atoms with Crippen LogP contribution in [0.2, 0.25) is 0 Å². The zero-order valence-corrected chi connectivity index (χ0v) is 31.5. The zero-order valence-electron chi connectivity index (χ0n) is 31.5. The van der Waals surface area contributed by atoms with Crippen LogP contribution >= 0.6 is 0 Å². The Labute approximate surface area is 337 Å². The highest BCUT2D eigenvalue weighted by molar-refractivity contribution is 6.13. The maximum Gasteiger partial charge on any atom is 0.227 e. The summed E-state index contributed by atoms with van der Waals surface area (Å²) >= 11 is 0. The van der Waals surface area contributed by atoms with E-state index in [1.807, 2.05) is 84.9 Å². The number of hydrogen-bond donors (Lipinski definition) is 0. The third kappa shape index (κ3) is 5.36. The van der Waals surface area contributed by atoms with Gasteiger partial charge in [-0.1, -0.05) is 121 Å². The minimum absolute atomic E-state index is 0.469. The number of para-hydroxylation sites is 5. The van der Waals surface area contributed by atoms with Crippen LogP contribution in [0.25, 0.3) is 117 Å². The Balaban J connectivity index is 1.10.